The third-order valence-electron chi connectivity index (χ3n) is 7.17. The predicted octanol–water partition coefficient (Wildman–Crippen LogP) is 4.23. The molecule has 1 N–H and O–H groups in total. The number of aromatic amines is 1. The molecule has 1 aliphatic carbocycles. The SMILES string of the molecule is CC[C@@H](C)C(CCN(CCC1CC1)C1COC1)c1cnc2cnc3[nH]ccc3n12. The van der Waals surface area contributed by atoms with E-state index in [4.69, 9.17) is 9.72 Å². The molecule has 1 aliphatic heterocycles. The molecule has 6 heteroatoms. The van der Waals surface area contributed by atoms with Crippen molar-refractivity contribution in [2.45, 2.75) is 57.9 Å². The molecule has 4 heterocycles. The van der Waals surface area contributed by atoms with E-state index in [2.05, 4.69) is 45.4 Å². The Morgan fingerprint density at radius 1 is 1.24 bits per heavy atom. The first kappa shape index (κ1) is 19.1. The Kier molecular flexibility index (Phi) is 5.31. The maximum Gasteiger partial charge on any atom is 0.156 e. The molecular formula is C23H33N5O. The van der Waals surface area contributed by atoms with Crippen molar-refractivity contribution in [2.24, 2.45) is 11.8 Å². The second-order valence-electron chi connectivity index (χ2n) is 9.09. The Labute approximate surface area is 172 Å². The van der Waals surface area contributed by atoms with Crippen molar-refractivity contribution >= 4 is 16.8 Å². The number of hydrogen-bond donors (Lipinski definition) is 1. The van der Waals surface area contributed by atoms with Crippen molar-refractivity contribution in [3.05, 3.63) is 30.4 Å². The average molecular weight is 396 g/mol. The zero-order valence-corrected chi connectivity index (χ0v) is 17.7. The van der Waals surface area contributed by atoms with Crippen LogP contribution in [-0.4, -0.2) is 56.6 Å². The van der Waals surface area contributed by atoms with Crippen LogP contribution in [-0.2, 0) is 4.74 Å². The summed E-state index contributed by atoms with van der Waals surface area (Å²) in [6.45, 7) is 8.88. The van der Waals surface area contributed by atoms with Gasteiger partial charge in [0.25, 0.3) is 0 Å². The van der Waals surface area contributed by atoms with Crippen LogP contribution in [0.25, 0.3) is 16.8 Å². The molecule has 2 fully saturated rings. The predicted molar refractivity (Wildman–Crippen MR) is 115 cm³/mol. The molecule has 3 aromatic heterocycles. The molecule has 3 aromatic rings. The quantitative estimate of drug-likeness (QED) is 0.558. The van der Waals surface area contributed by atoms with E-state index in [-0.39, 0.29) is 0 Å². The monoisotopic (exact) mass is 395 g/mol. The number of H-pyrrole nitrogens is 1. The fourth-order valence-corrected chi connectivity index (χ4v) is 4.73. The topological polar surface area (TPSA) is 58.5 Å². The van der Waals surface area contributed by atoms with E-state index >= 15 is 0 Å². The highest BCUT2D eigenvalue weighted by molar-refractivity contribution is 5.74. The van der Waals surface area contributed by atoms with E-state index in [9.17, 15) is 0 Å². The lowest BCUT2D eigenvalue weighted by molar-refractivity contribution is -0.0665. The summed E-state index contributed by atoms with van der Waals surface area (Å²) in [6, 6.07) is 2.73. The second-order valence-corrected chi connectivity index (χ2v) is 9.09. The number of rotatable bonds is 10. The van der Waals surface area contributed by atoms with Gasteiger partial charge in [0, 0.05) is 24.0 Å². The second kappa shape index (κ2) is 8.07. The molecular weight excluding hydrogens is 362 g/mol. The number of ether oxygens (including phenoxy) is 1. The number of aromatic nitrogens is 4. The number of nitrogens with one attached hydrogen (secondary N) is 1. The van der Waals surface area contributed by atoms with Crippen LogP contribution in [0.2, 0.25) is 0 Å². The number of hydrogen-bond acceptors (Lipinski definition) is 4. The van der Waals surface area contributed by atoms with Crippen LogP contribution in [0.15, 0.2) is 24.7 Å². The molecule has 5 rings (SSSR count). The Hall–Kier alpha value is -1.92. The summed E-state index contributed by atoms with van der Waals surface area (Å²) in [5.41, 5.74) is 4.32. The molecule has 1 saturated heterocycles. The van der Waals surface area contributed by atoms with Crippen LogP contribution in [0.3, 0.4) is 0 Å². The minimum absolute atomic E-state index is 0.486. The summed E-state index contributed by atoms with van der Waals surface area (Å²) in [5.74, 6) is 2.08. The summed E-state index contributed by atoms with van der Waals surface area (Å²) in [5, 5.41) is 0. The molecule has 0 aromatic carbocycles. The van der Waals surface area contributed by atoms with Gasteiger partial charge in [0.2, 0.25) is 0 Å². The van der Waals surface area contributed by atoms with Gasteiger partial charge in [-0.25, -0.2) is 9.97 Å². The summed E-state index contributed by atoms with van der Waals surface area (Å²) < 4.78 is 7.83. The van der Waals surface area contributed by atoms with Gasteiger partial charge in [0.15, 0.2) is 11.3 Å². The largest absolute Gasteiger partial charge is 0.378 e. The molecule has 156 valence electrons. The van der Waals surface area contributed by atoms with Gasteiger partial charge in [-0.3, -0.25) is 9.30 Å². The van der Waals surface area contributed by atoms with Gasteiger partial charge in [0.05, 0.1) is 31.0 Å². The van der Waals surface area contributed by atoms with E-state index in [1.807, 2.05) is 12.4 Å². The Morgan fingerprint density at radius 2 is 2.10 bits per heavy atom. The molecule has 6 nitrogen and oxygen atoms in total. The summed E-state index contributed by atoms with van der Waals surface area (Å²) in [4.78, 5) is 15.1. The fraction of sp³-hybridized carbons (Fsp3) is 0.652. The van der Waals surface area contributed by atoms with E-state index in [0.717, 1.165) is 48.9 Å². The number of fused-ring (bicyclic) bond motifs is 3. The van der Waals surface area contributed by atoms with Crippen molar-refractivity contribution in [3.63, 3.8) is 0 Å². The lowest BCUT2D eigenvalue weighted by Gasteiger charge is -2.38. The van der Waals surface area contributed by atoms with Gasteiger partial charge < -0.3 is 9.72 Å². The van der Waals surface area contributed by atoms with Gasteiger partial charge in [-0.1, -0.05) is 33.1 Å². The van der Waals surface area contributed by atoms with Crippen molar-refractivity contribution in [1.82, 2.24) is 24.3 Å². The molecule has 2 aliphatic rings. The lowest BCUT2D eigenvalue weighted by Crippen LogP contribution is -2.50. The third kappa shape index (κ3) is 3.80. The average Bonchev–Trinajstić information content (AvgIpc) is 3.22. The molecule has 0 spiro atoms. The number of imidazole rings is 1. The molecule has 2 atom stereocenters. The highest BCUT2D eigenvalue weighted by Crippen LogP contribution is 2.35. The van der Waals surface area contributed by atoms with Gasteiger partial charge in [-0.15, -0.1) is 0 Å². The highest BCUT2D eigenvalue weighted by atomic mass is 16.5. The first-order valence-electron chi connectivity index (χ1n) is 11.4. The van der Waals surface area contributed by atoms with Gasteiger partial charge in [-0.05, 0) is 43.8 Å². The fourth-order valence-electron chi connectivity index (χ4n) is 4.73. The zero-order valence-electron chi connectivity index (χ0n) is 17.7. The summed E-state index contributed by atoms with van der Waals surface area (Å²) in [7, 11) is 0. The van der Waals surface area contributed by atoms with Crippen molar-refractivity contribution in [3.8, 4) is 0 Å². The van der Waals surface area contributed by atoms with E-state index < -0.39 is 0 Å². The first-order chi connectivity index (χ1) is 14.2. The molecule has 0 bridgehead atoms. The van der Waals surface area contributed by atoms with Gasteiger partial charge >= 0.3 is 0 Å². The van der Waals surface area contributed by atoms with Crippen LogP contribution in [0, 0.1) is 11.8 Å². The van der Waals surface area contributed by atoms with E-state index in [1.54, 1.807) is 0 Å². The van der Waals surface area contributed by atoms with Gasteiger partial charge in [-0.2, -0.15) is 0 Å². The minimum Gasteiger partial charge on any atom is -0.378 e. The van der Waals surface area contributed by atoms with Crippen LogP contribution in [0.1, 0.15) is 57.6 Å². The molecule has 1 saturated carbocycles. The van der Waals surface area contributed by atoms with E-state index in [0.29, 0.717) is 17.9 Å². The van der Waals surface area contributed by atoms with Crippen LogP contribution in [0.4, 0.5) is 0 Å². The summed E-state index contributed by atoms with van der Waals surface area (Å²) >= 11 is 0. The molecule has 1 unspecified atom stereocenters. The van der Waals surface area contributed by atoms with Crippen molar-refractivity contribution < 1.29 is 4.74 Å². The van der Waals surface area contributed by atoms with Crippen molar-refractivity contribution in [2.75, 3.05) is 26.3 Å². The smallest absolute Gasteiger partial charge is 0.156 e. The molecule has 0 radical (unpaired) electrons. The van der Waals surface area contributed by atoms with Crippen LogP contribution < -0.4 is 0 Å². The van der Waals surface area contributed by atoms with Crippen LogP contribution in [0.5, 0.6) is 0 Å². The lowest BCUT2D eigenvalue weighted by atomic mass is 9.86. The minimum atomic E-state index is 0.486. The maximum absolute atomic E-state index is 5.52. The standard InChI is InChI=1S/C23H33N5O/c1-3-16(2)19(8-11-27(18-14-29-15-18)10-7-17-4-5-17)21-12-25-22-13-26-23-20(28(21)22)6-9-24-23/h6,9,12-13,16-19,24H,3-5,7-8,10-11,14-15H2,1-2H3/t16-,19?/m1/s1. The van der Waals surface area contributed by atoms with Gasteiger partial charge in [0.1, 0.15) is 0 Å². The maximum atomic E-state index is 5.52. The Bertz CT molecular complexity index is 955. The Balaban J connectivity index is 1.40. The summed E-state index contributed by atoms with van der Waals surface area (Å²) in [6.07, 6.45) is 12.5. The van der Waals surface area contributed by atoms with E-state index in [1.165, 1.54) is 37.9 Å². The van der Waals surface area contributed by atoms with Crippen molar-refractivity contribution in [1.29, 1.82) is 0 Å². The third-order valence-corrected chi connectivity index (χ3v) is 7.17. The molecule has 0 amide bonds. The highest BCUT2D eigenvalue weighted by Gasteiger charge is 2.30. The normalized spacial score (nSPS) is 19.8. The Morgan fingerprint density at radius 3 is 2.83 bits per heavy atom. The molecule has 29 heavy (non-hydrogen) atoms. The first-order valence-corrected chi connectivity index (χ1v) is 11.4. The van der Waals surface area contributed by atoms with Crippen LogP contribution >= 0.6 is 0 Å². The number of nitrogens with zero attached hydrogens (tertiary/aromatic N) is 4. The zero-order chi connectivity index (χ0) is 19.8.